The largest absolute Gasteiger partial charge is 0.466 e. The molecule has 4 N–H and O–H groups in total. The van der Waals surface area contributed by atoms with Crippen molar-refractivity contribution in [2.75, 3.05) is 13.7 Å². The molecule has 2 aliphatic rings. The molecule has 1 aromatic heterocycles. The van der Waals surface area contributed by atoms with Crippen LogP contribution in [0.4, 0.5) is 0 Å². The molecule has 1 aliphatic carbocycles. The number of carbonyl (C=O) groups excluding carboxylic acids is 2. The zero-order valence-electron chi connectivity index (χ0n) is 27.0. The molecule has 1 saturated heterocycles. The quantitative estimate of drug-likeness (QED) is 0.139. The molecule has 3 aromatic rings. The van der Waals surface area contributed by atoms with E-state index in [4.69, 9.17) is 13.7 Å². The van der Waals surface area contributed by atoms with Gasteiger partial charge in [-0.25, -0.2) is 9.48 Å². The van der Waals surface area contributed by atoms with Crippen molar-refractivity contribution in [1.29, 1.82) is 0 Å². The number of nitrogens with one attached hydrogen (secondary N) is 1. The van der Waals surface area contributed by atoms with Crippen LogP contribution in [-0.4, -0.2) is 99.7 Å². The molecule has 1 amide bonds. The maximum Gasteiger partial charge on any atom is 0.349 e. The molecule has 2 aromatic carbocycles. The van der Waals surface area contributed by atoms with Gasteiger partial charge in [0.1, 0.15) is 30.6 Å². The van der Waals surface area contributed by atoms with Crippen LogP contribution in [0.5, 0.6) is 0 Å². The summed E-state index contributed by atoms with van der Waals surface area (Å²) in [7, 11) is -3.04. The number of nitrogens with zero attached hydrogens (tertiary/aromatic N) is 3. The van der Waals surface area contributed by atoms with Gasteiger partial charge >= 0.3 is 5.97 Å². The lowest BCUT2D eigenvalue weighted by Gasteiger charge is -2.47. The molecule has 2 heterocycles. The van der Waals surface area contributed by atoms with Gasteiger partial charge in [-0.2, -0.15) is 8.42 Å². The molecule has 0 spiro atoms. The van der Waals surface area contributed by atoms with Crippen LogP contribution in [0.2, 0.25) is 0 Å². The molecule has 2 fully saturated rings. The number of amides is 1. The molecule has 266 valence electrons. The Bertz CT molecular complexity index is 1640. The van der Waals surface area contributed by atoms with E-state index in [0.717, 1.165) is 50.2 Å². The van der Waals surface area contributed by atoms with Crippen LogP contribution in [0.15, 0.2) is 71.8 Å². The molecule has 1 unspecified atom stereocenters. The second kappa shape index (κ2) is 16.6. The zero-order chi connectivity index (χ0) is 35.0. The first-order valence-corrected chi connectivity index (χ1v) is 18.5. The van der Waals surface area contributed by atoms with E-state index in [9.17, 15) is 33.3 Å². The molecule has 16 heteroatoms. The average molecular weight is 719 g/mol. The van der Waals surface area contributed by atoms with E-state index in [1.807, 2.05) is 0 Å². The maximum absolute atomic E-state index is 13.3. The van der Waals surface area contributed by atoms with Crippen LogP contribution in [0.1, 0.15) is 55.7 Å². The molecule has 1 aliphatic heterocycles. The summed E-state index contributed by atoms with van der Waals surface area (Å²) in [6.45, 7) is -1.14. The van der Waals surface area contributed by atoms with Crippen molar-refractivity contribution in [3.63, 3.8) is 0 Å². The fourth-order valence-corrected chi connectivity index (χ4v) is 8.45. The summed E-state index contributed by atoms with van der Waals surface area (Å²) in [4.78, 5) is 25.3. The SMILES string of the molecule is COC(=O)C1(Sc2ccccc2)C[C@H](O)[C@@H](NC(=O)Cn2cc(C3CCCCC3)nn2)[C@H]([C@H](O)[C@H](O)COS(=O)(=O)Cc2ccccc2)O1. The van der Waals surface area contributed by atoms with Crippen LogP contribution < -0.4 is 5.32 Å². The third kappa shape index (κ3) is 9.66. The predicted molar refractivity (Wildman–Crippen MR) is 177 cm³/mol. The van der Waals surface area contributed by atoms with Gasteiger partial charge in [0.05, 0.1) is 31.6 Å². The van der Waals surface area contributed by atoms with Gasteiger partial charge in [0.15, 0.2) is 0 Å². The molecule has 6 atom stereocenters. The maximum atomic E-state index is 13.3. The summed E-state index contributed by atoms with van der Waals surface area (Å²) < 4.78 is 43.0. The third-order valence-corrected chi connectivity index (χ3v) is 11.1. The summed E-state index contributed by atoms with van der Waals surface area (Å²) in [5.74, 6) is -1.69. The number of methoxy groups -OCH3 is 1. The predicted octanol–water partition coefficient (Wildman–Crippen LogP) is 1.89. The summed E-state index contributed by atoms with van der Waals surface area (Å²) in [5, 5.41) is 44.9. The summed E-state index contributed by atoms with van der Waals surface area (Å²) in [6, 6.07) is 15.6. The van der Waals surface area contributed by atoms with Crippen LogP contribution in [0.3, 0.4) is 0 Å². The van der Waals surface area contributed by atoms with Crippen LogP contribution in [0.25, 0.3) is 0 Å². The summed E-state index contributed by atoms with van der Waals surface area (Å²) in [6.07, 6.45) is -0.217. The molecular weight excluding hydrogens is 677 g/mol. The van der Waals surface area contributed by atoms with Crippen molar-refractivity contribution in [2.45, 2.75) is 97.0 Å². The van der Waals surface area contributed by atoms with E-state index < -0.39 is 69.7 Å². The Labute approximate surface area is 289 Å². The molecular formula is C33H42N4O10S2. The number of esters is 1. The van der Waals surface area contributed by atoms with Crippen molar-refractivity contribution >= 4 is 33.8 Å². The highest BCUT2D eigenvalue weighted by Crippen LogP contribution is 2.44. The lowest BCUT2D eigenvalue weighted by Crippen LogP contribution is -2.66. The number of rotatable bonds is 14. The van der Waals surface area contributed by atoms with Crippen molar-refractivity contribution in [2.24, 2.45) is 0 Å². The van der Waals surface area contributed by atoms with Crippen LogP contribution >= 0.6 is 11.8 Å². The van der Waals surface area contributed by atoms with Crippen LogP contribution in [0, 0.1) is 0 Å². The van der Waals surface area contributed by atoms with Gasteiger partial charge in [0, 0.05) is 23.4 Å². The Morgan fingerprint density at radius 2 is 1.76 bits per heavy atom. The van der Waals surface area contributed by atoms with Gasteiger partial charge in [0.25, 0.3) is 10.1 Å². The van der Waals surface area contributed by atoms with E-state index in [1.54, 1.807) is 66.9 Å². The molecule has 5 rings (SSSR count). The van der Waals surface area contributed by atoms with Crippen molar-refractivity contribution < 1.29 is 47.0 Å². The lowest BCUT2D eigenvalue weighted by molar-refractivity contribution is -0.206. The van der Waals surface area contributed by atoms with Gasteiger partial charge in [-0.15, -0.1) is 5.10 Å². The molecule has 1 saturated carbocycles. The fraction of sp³-hybridized carbons (Fsp3) is 0.515. The standard InChI is InChI=1S/C33H42N4O10S2/c1-45-32(42)33(48-24-15-9-4-10-16-24)17-26(38)29(34-28(40)19-37-18-25(35-36-37)23-13-7-3-8-14-23)31(47-33)30(41)27(39)20-46-49(43,44)21-22-11-5-2-6-12-22/h2,4-6,9-12,15-16,18,23,26-27,29-31,38-39,41H,3,7-8,13-14,17,19-21H2,1H3,(H,34,40)/t26-,27+,29+,30+,31+,33?/m0/s1. The normalized spacial score (nSPS) is 24.5. The molecule has 0 radical (unpaired) electrons. The number of hydrogen-bond donors (Lipinski definition) is 4. The highest BCUT2D eigenvalue weighted by atomic mass is 32.2. The van der Waals surface area contributed by atoms with Gasteiger partial charge in [-0.3, -0.25) is 8.98 Å². The second-order valence-corrected chi connectivity index (χ2v) is 15.3. The molecule has 0 bridgehead atoms. The number of carbonyl (C=O) groups is 2. The topological polar surface area (TPSA) is 199 Å². The fourth-order valence-electron chi connectivity index (χ4n) is 6.16. The minimum Gasteiger partial charge on any atom is -0.466 e. The summed E-state index contributed by atoms with van der Waals surface area (Å²) >= 11 is 0.928. The van der Waals surface area contributed by atoms with E-state index in [-0.39, 0.29) is 18.9 Å². The molecule has 49 heavy (non-hydrogen) atoms. The van der Waals surface area contributed by atoms with Crippen molar-refractivity contribution in [3.05, 3.63) is 78.1 Å². The van der Waals surface area contributed by atoms with E-state index >= 15 is 0 Å². The van der Waals surface area contributed by atoms with Crippen molar-refractivity contribution in [1.82, 2.24) is 20.3 Å². The Balaban J connectivity index is 1.35. The first kappa shape index (κ1) is 36.9. The Morgan fingerprint density at radius 1 is 1.08 bits per heavy atom. The van der Waals surface area contributed by atoms with Gasteiger partial charge in [-0.05, 0) is 30.5 Å². The number of hydrogen-bond acceptors (Lipinski definition) is 13. The number of ether oxygens (including phenoxy) is 2. The number of aliphatic hydroxyl groups is 3. The monoisotopic (exact) mass is 718 g/mol. The van der Waals surface area contributed by atoms with Gasteiger partial charge in [0.2, 0.25) is 10.8 Å². The minimum absolute atomic E-state index is 0.268. The van der Waals surface area contributed by atoms with Gasteiger partial charge in [-0.1, -0.05) is 84.8 Å². The van der Waals surface area contributed by atoms with E-state index in [0.29, 0.717) is 10.5 Å². The number of aromatic nitrogens is 3. The van der Waals surface area contributed by atoms with Gasteiger partial charge < -0.3 is 30.1 Å². The average Bonchev–Trinajstić information content (AvgIpc) is 3.57. The summed E-state index contributed by atoms with van der Waals surface area (Å²) in [5.41, 5.74) is 1.26. The smallest absolute Gasteiger partial charge is 0.349 e. The zero-order valence-corrected chi connectivity index (χ0v) is 28.7. The third-order valence-electron chi connectivity index (χ3n) is 8.64. The highest BCUT2D eigenvalue weighted by molar-refractivity contribution is 8.01. The Hall–Kier alpha value is -3.38. The number of benzene rings is 2. The first-order valence-electron chi connectivity index (χ1n) is 16.1. The number of aliphatic hydroxyl groups excluding tert-OH is 3. The minimum atomic E-state index is -4.18. The van der Waals surface area contributed by atoms with E-state index in [1.165, 1.54) is 11.1 Å². The van der Waals surface area contributed by atoms with E-state index in [2.05, 4.69) is 15.6 Å². The van der Waals surface area contributed by atoms with Crippen molar-refractivity contribution in [3.8, 4) is 0 Å². The Morgan fingerprint density at radius 3 is 2.43 bits per heavy atom. The van der Waals surface area contributed by atoms with Crippen LogP contribution in [-0.2, 0) is 45.7 Å². The number of thioether (sulfide) groups is 1. The lowest BCUT2D eigenvalue weighted by atomic mass is 9.87. The Kier molecular flexibility index (Phi) is 12.5. The molecule has 14 nitrogen and oxygen atoms in total. The first-order chi connectivity index (χ1) is 23.5. The second-order valence-electron chi connectivity index (χ2n) is 12.3. The highest BCUT2D eigenvalue weighted by Gasteiger charge is 2.56.